The van der Waals surface area contributed by atoms with Gasteiger partial charge >= 0.3 is 0 Å². The van der Waals surface area contributed by atoms with Crippen LogP contribution in [0.3, 0.4) is 0 Å². The van der Waals surface area contributed by atoms with Gasteiger partial charge in [-0.1, -0.05) is 32.0 Å². The van der Waals surface area contributed by atoms with Gasteiger partial charge in [-0.05, 0) is 62.9 Å². The topological polar surface area (TPSA) is 85.3 Å². The highest BCUT2D eigenvalue weighted by atomic mass is 16.5. The van der Waals surface area contributed by atoms with E-state index >= 15 is 0 Å². The Morgan fingerprint density at radius 1 is 1.06 bits per heavy atom. The van der Waals surface area contributed by atoms with Gasteiger partial charge < -0.3 is 24.2 Å². The van der Waals surface area contributed by atoms with Gasteiger partial charge in [0, 0.05) is 31.4 Å². The Labute approximate surface area is 213 Å². The second-order valence-corrected chi connectivity index (χ2v) is 9.73. The standard InChI is InChI=1S/C29H37NO6/c1-18(2)17-35-23-13-12-21(16-20(23)5)27(31)25-26(22-10-7-8-11-24(22)36-19(3)4)30(14-9-15-34-6)29(33)28(25)32/h7-8,10-13,16,18-19,26,31H,9,14-15,17H2,1-6H3/b27-25-. The number of aryl methyl sites for hydroxylation is 1. The minimum atomic E-state index is -0.783. The average molecular weight is 496 g/mol. The summed E-state index contributed by atoms with van der Waals surface area (Å²) in [6.45, 7) is 11.2. The van der Waals surface area contributed by atoms with Crippen LogP contribution in [0, 0.1) is 12.8 Å². The second kappa shape index (κ2) is 12.1. The molecule has 1 unspecified atom stereocenters. The third kappa shape index (κ3) is 6.08. The van der Waals surface area contributed by atoms with Crippen LogP contribution in [0.1, 0.15) is 56.8 Å². The Bertz CT molecular complexity index is 1120. The molecule has 3 rings (SSSR count). The minimum Gasteiger partial charge on any atom is -0.507 e. The maximum Gasteiger partial charge on any atom is 0.295 e. The zero-order valence-corrected chi connectivity index (χ0v) is 22.0. The van der Waals surface area contributed by atoms with Gasteiger partial charge in [-0.2, -0.15) is 0 Å². The molecule has 0 spiro atoms. The van der Waals surface area contributed by atoms with E-state index in [1.165, 1.54) is 4.90 Å². The second-order valence-electron chi connectivity index (χ2n) is 9.73. The van der Waals surface area contributed by atoms with Crippen LogP contribution in [-0.4, -0.2) is 54.7 Å². The van der Waals surface area contributed by atoms with Crippen molar-refractivity contribution in [1.29, 1.82) is 0 Å². The molecule has 1 aliphatic heterocycles. The van der Waals surface area contributed by atoms with Crippen molar-refractivity contribution in [1.82, 2.24) is 4.90 Å². The van der Waals surface area contributed by atoms with Crippen molar-refractivity contribution < 1.29 is 28.9 Å². The maximum atomic E-state index is 13.3. The van der Waals surface area contributed by atoms with E-state index in [0.29, 0.717) is 54.7 Å². The smallest absolute Gasteiger partial charge is 0.295 e. The first-order chi connectivity index (χ1) is 17.1. The van der Waals surface area contributed by atoms with E-state index in [1.54, 1.807) is 25.3 Å². The molecule has 0 saturated carbocycles. The molecule has 36 heavy (non-hydrogen) atoms. The van der Waals surface area contributed by atoms with Crippen LogP contribution in [0.15, 0.2) is 48.0 Å². The maximum absolute atomic E-state index is 13.3. The zero-order valence-electron chi connectivity index (χ0n) is 22.0. The highest BCUT2D eigenvalue weighted by Crippen LogP contribution is 2.43. The SMILES string of the molecule is COCCCN1C(=O)C(=O)/C(=C(\O)c2ccc(OCC(C)C)c(C)c2)C1c1ccccc1OC(C)C. The third-order valence-electron chi connectivity index (χ3n) is 5.88. The Hall–Kier alpha value is -3.32. The van der Waals surface area contributed by atoms with Crippen molar-refractivity contribution >= 4 is 17.4 Å². The number of Topliss-reactive ketones (excluding diaryl/α,β-unsaturated/α-hetero) is 1. The van der Waals surface area contributed by atoms with Gasteiger partial charge in [0.2, 0.25) is 0 Å². The lowest BCUT2D eigenvalue weighted by molar-refractivity contribution is -0.140. The molecule has 7 heteroatoms. The average Bonchev–Trinajstić information content (AvgIpc) is 3.07. The Morgan fingerprint density at radius 3 is 2.42 bits per heavy atom. The van der Waals surface area contributed by atoms with Crippen molar-refractivity contribution in [3.8, 4) is 11.5 Å². The molecule has 0 bridgehead atoms. The number of hydrogen-bond acceptors (Lipinski definition) is 6. The molecule has 1 amide bonds. The van der Waals surface area contributed by atoms with Gasteiger partial charge in [-0.15, -0.1) is 0 Å². The van der Waals surface area contributed by atoms with E-state index in [0.717, 1.165) is 5.56 Å². The lowest BCUT2D eigenvalue weighted by Gasteiger charge is -2.27. The molecule has 7 nitrogen and oxygen atoms in total. The Balaban J connectivity index is 2.12. The normalized spacial score (nSPS) is 17.3. The van der Waals surface area contributed by atoms with E-state index in [4.69, 9.17) is 14.2 Å². The fourth-order valence-corrected chi connectivity index (χ4v) is 4.25. The summed E-state index contributed by atoms with van der Waals surface area (Å²) in [4.78, 5) is 28.0. The molecule has 1 aliphatic rings. The van der Waals surface area contributed by atoms with Crippen LogP contribution < -0.4 is 9.47 Å². The molecule has 0 aliphatic carbocycles. The van der Waals surface area contributed by atoms with Crippen LogP contribution in [0.5, 0.6) is 11.5 Å². The number of likely N-dealkylation sites (tertiary alicyclic amines) is 1. The molecule has 2 aromatic rings. The summed E-state index contributed by atoms with van der Waals surface area (Å²) in [5, 5.41) is 11.4. The number of rotatable bonds is 11. The number of ether oxygens (including phenoxy) is 3. The molecule has 0 aromatic heterocycles. The largest absolute Gasteiger partial charge is 0.507 e. The molecule has 1 atom stereocenters. The van der Waals surface area contributed by atoms with Gasteiger partial charge in [0.05, 0.1) is 24.3 Å². The molecular weight excluding hydrogens is 458 g/mol. The van der Waals surface area contributed by atoms with Crippen molar-refractivity contribution in [2.24, 2.45) is 5.92 Å². The van der Waals surface area contributed by atoms with Crippen LogP contribution in [0.2, 0.25) is 0 Å². The lowest BCUT2D eigenvalue weighted by Crippen LogP contribution is -2.31. The summed E-state index contributed by atoms with van der Waals surface area (Å²) in [5.41, 5.74) is 1.98. The monoisotopic (exact) mass is 495 g/mol. The number of benzene rings is 2. The quantitative estimate of drug-likeness (QED) is 0.198. The minimum absolute atomic E-state index is 0.0486. The molecular formula is C29H37NO6. The molecule has 1 fully saturated rings. The van der Waals surface area contributed by atoms with Gasteiger partial charge in [0.25, 0.3) is 11.7 Å². The highest BCUT2D eigenvalue weighted by molar-refractivity contribution is 6.46. The van der Waals surface area contributed by atoms with E-state index in [9.17, 15) is 14.7 Å². The summed E-state index contributed by atoms with van der Waals surface area (Å²) in [5.74, 6) is 0.0750. The van der Waals surface area contributed by atoms with Crippen LogP contribution in [0.4, 0.5) is 0 Å². The first-order valence-corrected chi connectivity index (χ1v) is 12.4. The first-order valence-electron chi connectivity index (χ1n) is 12.4. The van der Waals surface area contributed by atoms with Crippen molar-refractivity contribution in [3.05, 3.63) is 64.7 Å². The molecule has 2 aromatic carbocycles. The van der Waals surface area contributed by atoms with Crippen molar-refractivity contribution in [2.45, 2.75) is 53.2 Å². The number of aliphatic hydroxyl groups is 1. The first kappa shape index (κ1) is 27.3. The van der Waals surface area contributed by atoms with Crippen LogP contribution >= 0.6 is 0 Å². The van der Waals surface area contributed by atoms with Crippen molar-refractivity contribution in [3.63, 3.8) is 0 Å². The molecule has 1 saturated heterocycles. The Morgan fingerprint density at radius 2 is 1.78 bits per heavy atom. The summed E-state index contributed by atoms with van der Waals surface area (Å²) < 4.78 is 17.0. The number of carbonyl (C=O) groups is 2. The molecule has 0 radical (unpaired) electrons. The van der Waals surface area contributed by atoms with Gasteiger partial charge in [0.15, 0.2) is 0 Å². The van der Waals surface area contributed by atoms with E-state index in [-0.39, 0.29) is 17.4 Å². The fourth-order valence-electron chi connectivity index (χ4n) is 4.25. The lowest BCUT2D eigenvalue weighted by atomic mass is 9.94. The number of para-hydroxylation sites is 1. The number of carbonyl (C=O) groups excluding carboxylic acids is 2. The number of amides is 1. The molecule has 1 N–H and O–H groups in total. The van der Waals surface area contributed by atoms with Gasteiger partial charge in [-0.25, -0.2) is 0 Å². The van der Waals surface area contributed by atoms with Gasteiger partial charge in [0.1, 0.15) is 17.3 Å². The number of aliphatic hydroxyl groups excluding tert-OH is 1. The Kier molecular flexibility index (Phi) is 9.15. The highest BCUT2D eigenvalue weighted by Gasteiger charge is 2.46. The fraction of sp³-hybridized carbons (Fsp3) is 0.448. The number of ketones is 1. The number of methoxy groups -OCH3 is 1. The third-order valence-corrected chi connectivity index (χ3v) is 5.88. The number of hydrogen-bond donors (Lipinski definition) is 1. The summed E-state index contributed by atoms with van der Waals surface area (Å²) in [7, 11) is 1.59. The van der Waals surface area contributed by atoms with Crippen LogP contribution in [-0.2, 0) is 14.3 Å². The van der Waals surface area contributed by atoms with E-state index in [2.05, 4.69) is 13.8 Å². The predicted octanol–water partition coefficient (Wildman–Crippen LogP) is 5.28. The predicted molar refractivity (Wildman–Crippen MR) is 139 cm³/mol. The molecule has 1 heterocycles. The summed E-state index contributed by atoms with van der Waals surface area (Å²) in [6, 6.07) is 11.8. The van der Waals surface area contributed by atoms with Crippen LogP contribution in [0.25, 0.3) is 5.76 Å². The number of nitrogens with zero attached hydrogens (tertiary/aromatic N) is 1. The summed E-state index contributed by atoms with van der Waals surface area (Å²) >= 11 is 0. The zero-order chi connectivity index (χ0) is 26.4. The van der Waals surface area contributed by atoms with Crippen molar-refractivity contribution in [2.75, 3.05) is 26.9 Å². The van der Waals surface area contributed by atoms with E-state index in [1.807, 2.05) is 45.0 Å². The summed E-state index contributed by atoms with van der Waals surface area (Å²) in [6.07, 6.45) is 0.441. The van der Waals surface area contributed by atoms with E-state index < -0.39 is 17.7 Å². The molecule has 194 valence electrons. The van der Waals surface area contributed by atoms with Gasteiger partial charge in [-0.3, -0.25) is 9.59 Å².